The second kappa shape index (κ2) is 10.2. The Morgan fingerprint density at radius 3 is 2.28 bits per heavy atom. The molecule has 0 fully saturated rings. The van der Waals surface area contributed by atoms with Gasteiger partial charge in [-0.2, -0.15) is 0 Å². The maximum Gasteiger partial charge on any atom is 0.220 e. The largest absolute Gasteiger partial charge is 0.371 e. The van der Waals surface area contributed by atoms with Gasteiger partial charge in [-0.25, -0.2) is 0 Å². The minimum Gasteiger partial charge on any atom is -0.371 e. The van der Waals surface area contributed by atoms with Crippen molar-refractivity contribution in [2.45, 2.75) is 47.5 Å². The second-order valence-corrected chi connectivity index (χ2v) is 4.16. The minimum absolute atomic E-state index is 0. The van der Waals surface area contributed by atoms with Crippen molar-refractivity contribution in [3.63, 3.8) is 0 Å². The lowest BCUT2D eigenvalue weighted by Crippen LogP contribution is -2.31. The molecule has 2 N–H and O–H groups in total. The fourth-order valence-corrected chi connectivity index (χ4v) is 2.10. The van der Waals surface area contributed by atoms with Crippen molar-refractivity contribution in [2.75, 3.05) is 25.0 Å². The molecule has 1 aromatic carbocycles. The molecule has 18 heavy (non-hydrogen) atoms. The molecule has 0 saturated heterocycles. The zero-order chi connectivity index (χ0) is 13.4. The van der Waals surface area contributed by atoms with E-state index in [1.54, 1.807) is 0 Å². The van der Waals surface area contributed by atoms with E-state index in [2.05, 4.69) is 0 Å². The third kappa shape index (κ3) is 4.50. The van der Waals surface area contributed by atoms with Gasteiger partial charge < -0.3 is 10.6 Å². The number of nitrogens with two attached hydrogens (primary N) is 1. The standard InChI is InChI=1S/C11H18N2OS.C2H6.CH4/c1-3-8-9(10(14)11(8)15)13(2)7-5-4-6-12;1-2;/h3-7,12H2,1-2H3;1-2H3;1H4. The molecular formula is C14H28N2OS. The molecule has 0 aromatic heterocycles. The quantitative estimate of drug-likeness (QED) is 0.638. The monoisotopic (exact) mass is 272 g/mol. The van der Waals surface area contributed by atoms with Crippen molar-refractivity contribution in [3.8, 4) is 0 Å². The Morgan fingerprint density at radius 1 is 1.28 bits per heavy atom. The van der Waals surface area contributed by atoms with Gasteiger partial charge in [0.2, 0.25) is 5.43 Å². The molecule has 0 atom stereocenters. The van der Waals surface area contributed by atoms with Gasteiger partial charge in [-0.05, 0) is 25.8 Å². The molecule has 0 bridgehead atoms. The van der Waals surface area contributed by atoms with Crippen LogP contribution in [0, 0.1) is 4.51 Å². The van der Waals surface area contributed by atoms with E-state index in [9.17, 15) is 4.79 Å². The summed E-state index contributed by atoms with van der Waals surface area (Å²) >= 11 is 5.00. The lowest BCUT2D eigenvalue weighted by Gasteiger charge is -2.23. The molecule has 3 nitrogen and oxygen atoms in total. The average Bonchev–Trinajstić information content (AvgIpc) is 2.36. The fraction of sp³-hybridized carbons (Fsp3) is 0.714. The van der Waals surface area contributed by atoms with Gasteiger partial charge in [0.1, 0.15) is 0 Å². The van der Waals surface area contributed by atoms with Gasteiger partial charge in [-0.3, -0.25) is 4.79 Å². The molecule has 0 aliphatic heterocycles. The van der Waals surface area contributed by atoms with Crippen molar-refractivity contribution in [2.24, 2.45) is 5.73 Å². The first-order valence-corrected chi connectivity index (χ1v) is 6.77. The summed E-state index contributed by atoms with van der Waals surface area (Å²) in [5, 5.41) is 0. The summed E-state index contributed by atoms with van der Waals surface area (Å²) in [6.07, 6.45) is 2.87. The molecule has 0 aliphatic carbocycles. The number of unbranched alkanes of at least 4 members (excludes halogenated alkanes) is 1. The molecule has 0 spiro atoms. The smallest absolute Gasteiger partial charge is 0.220 e. The summed E-state index contributed by atoms with van der Waals surface area (Å²) in [6.45, 7) is 7.62. The van der Waals surface area contributed by atoms with Crippen LogP contribution in [-0.4, -0.2) is 20.1 Å². The molecule has 1 rings (SSSR count). The highest BCUT2D eigenvalue weighted by atomic mass is 32.1. The molecule has 0 unspecified atom stereocenters. The van der Waals surface area contributed by atoms with Crippen LogP contribution in [0.2, 0.25) is 0 Å². The normalized spacial score (nSPS) is 9.39. The average molecular weight is 272 g/mol. The van der Waals surface area contributed by atoms with Crippen LogP contribution >= 0.6 is 12.2 Å². The van der Waals surface area contributed by atoms with Crippen molar-refractivity contribution in [1.29, 1.82) is 0 Å². The Bertz CT molecular complexity index is 394. The number of hydrogen-bond donors (Lipinski definition) is 1. The van der Waals surface area contributed by atoms with E-state index in [0.717, 1.165) is 37.1 Å². The van der Waals surface area contributed by atoms with Crippen LogP contribution in [0.25, 0.3) is 0 Å². The maximum atomic E-state index is 11.5. The van der Waals surface area contributed by atoms with Gasteiger partial charge >= 0.3 is 0 Å². The van der Waals surface area contributed by atoms with Crippen LogP contribution < -0.4 is 16.1 Å². The van der Waals surface area contributed by atoms with Crippen LogP contribution in [0.15, 0.2) is 4.79 Å². The van der Waals surface area contributed by atoms with Crippen LogP contribution in [-0.2, 0) is 6.42 Å². The lowest BCUT2D eigenvalue weighted by atomic mass is 10.0. The molecule has 4 heteroatoms. The first-order chi connectivity index (χ1) is 8.13. The van der Waals surface area contributed by atoms with Crippen molar-refractivity contribution < 1.29 is 0 Å². The molecule has 0 radical (unpaired) electrons. The van der Waals surface area contributed by atoms with Crippen LogP contribution in [0.4, 0.5) is 5.69 Å². The van der Waals surface area contributed by atoms with E-state index in [1.165, 1.54) is 0 Å². The zero-order valence-corrected chi connectivity index (χ0v) is 12.2. The first kappa shape index (κ1) is 19.6. The molecule has 0 aliphatic rings. The Labute approximate surface area is 117 Å². The SMILES string of the molecule is C.CC.CCc1c(N(C)CCCCN)c(=O)c1=S. The van der Waals surface area contributed by atoms with Gasteiger partial charge in [0.05, 0.1) is 10.2 Å². The Kier molecular flexibility index (Phi) is 11.1. The third-order valence-electron chi connectivity index (χ3n) is 2.66. The molecule has 106 valence electrons. The predicted octanol–water partition coefficient (Wildman–Crippen LogP) is 3.05. The fourth-order valence-electron chi connectivity index (χ4n) is 1.76. The van der Waals surface area contributed by atoms with E-state index >= 15 is 0 Å². The number of anilines is 1. The van der Waals surface area contributed by atoms with Crippen LogP contribution in [0.5, 0.6) is 0 Å². The topological polar surface area (TPSA) is 46.3 Å². The van der Waals surface area contributed by atoms with Crippen molar-refractivity contribution in [1.82, 2.24) is 0 Å². The highest BCUT2D eigenvalue weighted by Gasteiger charge is 2.18. The van der Waals surface area contributed by atoms with Crippen LogP contribution in [0.1, 0.15) is 46.6 Å². The highest BCUT2D eigenvalue weighted by Crippen LogP contribution is 2.20. The maximum absolute atomic E-state index is 11.5. The molecule has 0 saturated carbocycles. The Morgan fingerprint density at radius 2 is 1.83 bits per heavy atom. The van der Waals surface area contributed by atoms with Crippen molar-refractivity contribution in [3.05, 3.63) is 20.3 Å². The second-order valence-electron chi connectivity index (χ2n) is 3.76. The van der Waals surface area contributed by atoms with Gasteiger partial charge in [0.25, 0.3) is 0 Å². The van der Waals surface area contributed by atoms with E-state index in [-0.39, 0.29) is 12.9 Å². The molecule has 1 aromatic rings. The Balaban J connectivity index is 0. The van der Waals surface area contributed by atoms with E-state index in [1.807, 2.05) is 32.7 Å². The molecule has 0 amide bonds. The van der Waals surface area contributed by atoms with Crippen molar-refractivity contribution >= 4 is 17.9 Å². The summed E-state index contributed by atoms with van der Waals surface area (Å²) in [5.74, 6) is 0. The van der Waals surface area contributed by atoms with Gasteiger partial charge in [0.15, 0.2) is 0 Å². The lowest BCUT2D eigenvalue weighted by molar-refractivity contribution is 0.723. The third-order valence-corrected chi connectivity index (χ3v) is 3.10. The molecular weight excluding hydrogens is 244 g/mol. The summed E-state index contributed by atoms with van der Waals surface area (Å²) in [7, 11) is 1.95. The Hall–Kier alpha value is -0.740. The van der Waals surface area contributed by atoms with Gasteiger partial charge in [-0.1, -0.05) is 40.4 Å². The van der Waals surface area contributed by atoms with E-state index in [4.69, 9.17) is 18.0 Å². The molecule has 0 heterocycles. The van der Waals surface area contributed by atoms with Gasteiger partial charge in [0, 0.05) is 19.2 Å². The minimum atomic E-state index is 0. The number of hydrogen-bond acceptors (Lipinski definition) is 4. The first-order valence-electron chi connectivity index (χ1n) is 6.36. The summed E-state index contributed by atoms with van der Waals surface area (Å²) in [6, 6.07) is 0. The van der Waals surface area contributed by atoms with E-state index in [0.29, 0.717) is 11.1 Å². The summed E-state index contributed by atoms with van der Waals surface area (Å²) in [4.78, 5) is 13.5. The van der Waals surface area contributed by atoms with Gasteiger partial charge in [-0.15, -0.1) is 0 Å². The zero-order valence-electron chi connectivity index (χ0n) is 11.4. The van der Waals surface area contributed by atoms with E-state index < -0.39 is 0 Å². The summed E-state index contributed by atoms with van der Waals surface area (Å²) < 4.78 is 0.526. The predicted molar refractivity (Wildman–Crippen MR) is 84.9 cm³/mol. The summed E-state index contributed by atoms with van der Waals surface area (Å²) in [5.41, 5.74) is 7.33. The van der Waals surface area contributed by atoms with Crippen LogP contribution in [0.3, 0.4) is 0 Å². The number of nitrogens with zero attached hydrogens (tertiary/aromatic N) is 1. The highest BCUT2D eigenvalue weighted by molar-refractivity contribution is 7.71. The number of rotatable bonds is 6.